The Hall–Kier alpha value is -0.650. The van der Waals surface area contributed by atoms with Gasteiger partial charge in [-0.3, -0.25) is 4.90 Å². The van der Waals surface area contributed by atoms with Gasteiger partial charge in [0.05, 0.1) is 0 Å². The van der Waals surface area contributed by atoms with Crippen molar-refractivity contribution in [3.8, 4) is 0 Å². The second-order valence-electron chi connectivity index (χ2n) is 4.94. The van der Waals surface area contributed by atoms with Gasteiger partial charge in [-0.25, -0.2) is 4.98 Å². The molecule has 1 aromatic heterocycles. The van der Waals surface area contributed by atoms with E-state index >= 15 is 0 Å². The molecule has 2 N–H and O–H groups in total. The lowest BCUT2D eigenvalue weighted by Crippen LogP contribution is -2.37. The summed E-state index contributed by atoms with van der Waals surface area (Å²) >= 11 is 1.74. The van der Waals surface area contributed by atoms with Crippen LogP contribution in [0.5, 0.6) is 0 Å². The number of nitrogens with zero attached hydrogens (tertiary/aromatic N) is 3. The van der Waals surface area contributed by atoms with Crippen molar-refractivity contribution in [1.29, 1.82) is 0 Å². The largest absolute Gasteiger partial charge is 0.346 e. The molecule has 0 saturated carbocycles. The first-order valence-corrected chi connectivity index (χ1v) is 7.67. The van der Waals surface area contributed by atoms with Gasteiger partial charge >= 0.3 is 0 Å². The van der Waals surface area contributed by atoms with E-state index in [1.807, 2.05) is 13.1 Å². The van der Waals surface area contributed by atoms with E-state index in [0.717, 1.165) is 31.3 Å². The predicted octanol–water partition coefficient (Wildman–Crippen LogP) is 2.08. The van der Waals surface area contributed by atoms with Crippen LogP contribution < -0.4 is 10.6 Å². The van der Waals surface area contributed by atoms with E-state index in [0.29, 0.717) is 6.04 Å². The van der Waals surface area contributed by atoms with Gasteiger partial charge in [-0.05, 0) is 26.4 Å². The van der Waals surface area contributed by atoms with Crippen molar-refractivity contribution in [2.24, 2.45) is 5.73 Å². The molecule has 0 amide bonds. The summed E-state index contributed by atoms with van der Waals surface area (Å²) in [7, 11) is 0. The Labute approximate surface area is 114 Å². The molecule has 0 radical (unpaired) electrons. The van der Waals surface area contributed by atoms with Gasteiger partial charge in [0.15, 0.2) is 5.13 Å². The van der Waals surface area contributed by atoms with Crippen molar-refractivity contribution in [3.63, 3.8) is 0 Å². The Morgan fingerprint density at radius 2 is 2.28 bits per heavy atom. The quantitative estimate of drug-likeness (QED) is 0.888. The maximum Gasteiger partial charge on any atom is 0.185 e. The predicted molar refractivity (Wildman–Crippen MR) is 78.3 cm³/mol. The summed E-state index contributed by atoms with van der Waals surface area (Å²) in [4.78, 5) is 10.6. The van der Waals surface area contributed by atoms with Crippen molar-refractivity contribution >= 4 is 16.5 Å². The molecule has 102 valence electrons. The summed E-state index contributed by atoms with van der Waals surface area (Å²) < 4.78 is 0. The molecular weight excluding hydrogens is 244 g/mol. The van der Waals surface area contributed by atoms with Gasteiger partial charge in [0.1, 0.15) is 0 Å². The second kappa shape index (κ2) is 5.99. The highest BCUT2D eigenvalue weighted by molar-refractivity contribution is 7.15. The third-order valence-electron chi connectivity index (χ3n) is 3.72. The molecule has 1 fully saturated rings. The van der Waals surface area contributed by atoms with Gasteiger partial charge in [0.2, 0.25) is 0 Å². The summed E-state index contributed by atoms with van der Waals surface area (Å²) in [5, 5.41) is 1.14. The molecule has 4 nitrogen and oxygen atoms in total. The van der Waals surface area contributed by atoms with E-state index in [1.54, 1.807) is 11.3 Å². The molecule has 0 bridgehead atoms. The first-order chi connectivity index (χ1) is 8.65. The van der Waals surface area contributed by atoms with Crippen molar-refractivity contribution in [2.45, 2.75) is 39.3 Å². The van der Waals surface area contributed by atoms with Crippen LogP contribution in [-0.4, -0.2) is 42.1 Å². The molecule has 2 rings (SSSR count). The van der Waals surface area contributed by atoms with Crippen LogP contribution in [0.25, 0.3) is 0 Å². The highest BCUT2D eigenvalue weighted by atomic mass is 32.1. The van der Waals surface area contributed by atoms with Crippen LogP contribution in [0.4, 0.5) is 5.13 Å². The van der Waals surface area contributed by atoms with Crippen LogP contribution in [0.2, 0.25) is 0 Å². The minimum absolute atomic E-state index is 0.0948. The number of likely N-dealkylation sites (N-methyl/N-ethyl adjacent to an activating group) is 1. The lowest BCUT2D eigenvalue weighted by molar-refractivity contribution is 0.232. The minimum Gasteiger partial charge on any atom is -0.346 e. The van der Waals surface area contributed by atoms with E-state index in [2.05, 4.69) is 28.6 Å². The lowest BCUT2D eigenvalue weighted by Gasteiger charge is -2.25. The van der Waals surface area contributed by atoms with Crippen LogP contribution in [0.1, 0.15) is 38.1 Å². The number of aromatic nitrogens is 1. The SMILES string of the molecule is CCN(CC)C1CCN(c2ncc(C(C)N)s2)C1. The Morgan fingerprint density at radius 1 is 1.56 bits per heavy atom. The number of hydrogen-bond acceptors (Lipinski definition) is 5. The number of anilines is 1. The number of nitrogens with two attached hydrogens (primary N) is 1. The van der Waals surface area contributed by atoms with E-state index in [1.165, 1.54) is 11.3 Å². The number of thiazole rings is 1. The maximum atomic E-state index is 5.89. The molecule has 18 heavy (non-hydrogen) atoms. The van der Waals surface area contributed by atoms with E-state index in [9.17, 15) is 0 Å². The molecular formula is C13H24N4S. The van der Waals surface area contributed by atoms with Gasteiger partial charge in [-0.15, -0.1) is 11.3 Å². The fourth-order valence-electron chi connectivity index (χ4n) is 2.59. The Morgan fingerprint density at radius 3 is 2.83 bits per heavy atom. The van der Waals surface area contributed by atoms with Crippen LogP contribution >= 0.6 is 11.3 Å². The van der Waals surface area contributed by atoms with Crippen LogP contribution in [0.15, 0.2) is 6.20 Å². The van der Waals surface area contributed by atoms with Gasteiger partial charge in [-0.2, -0.15) is 0 Å². The number of hydrogen-bond donors (Lipinski definition) is 1. The monoisotopic (exact) mass is 268 g/mol. The summed E-state index contributed by atoms with van der Waals surface area (Å²) in [6.07, 6.45) is 3.17. The van der Waals surface area contributed by atoms with Crippen LogP contribution in [0.3, 0.4) is 0 Å². The van der Waals surface area contributed by atoms with E-state index < -0.39 is 0 Å². The number of rotatable bonds is 5. The van der Waals surface area contributed by atoms with Gasteiger partial charge in [0.25, 0.3) is 0 Å². The Bertz CT molecular complexity index is 373. The summed E-state index contributed by atoms with van der Waals surface area (Å²) in [5.74, 6) is 0. The Kier molecular flexibility index (Phi) is 4.59. The zero-order valence-electron chi connectivity index (χ0n) is 11.6. The average molecular weight is 268 g/mol. The zero-order valence-corrected chi connectivity index (χ0v) is 12.4. The van der Waals surface area contributed by atoms with Crippen LogP contribution in [0, 0.1) is 0 Å². The zero-order chi connectivity index (χ0) is 13.1. The maximum absolute atomic E-state index is 5.89. The standard InChI is InChI=1S/C13H24N4S/c1-4-16(5-2)11-6-7-17(9-11)13-15-8-12(18-13)10(3)14/h8,10-11H,4-7,9,14H2,1-3H3. The first-order valence-electron chi connectivity index (χ1n) is 6.86. The smallest absolute Gasteiger partial charge is 0.185 e. The summed E-state index contributed by atoms with van der Waals surface area (Å²) in [5.41, 5.74) is 5.89. The molecule has 1 aromatic rings. The van der Waals surface area contributed by atoms with Gasteiger partial charge in [-0.1, -0.05) is 13.8 Å². The summed E-state index contributed by atoms with van der Waals surface area (Å²) in [6, 6.07) is 0.778. The molecule has 2 unspecified atom stereocenters. The highest BCUT2D eigenvalue weighted by Gasteiger charge is 2.27. The van der Waals surface area contributed by atoms with Crippen molar-refractivity contribution in [1.82, 2.24) is 9.88 Å². The first kappa shape index (κ1) is 13.8. The summed E-state index contributed by atoms with van der Waals surface area (Å²) in [6.45, 7) is 11.0. The Balaban J connectivity index is 1.99. The molecule has 1 aliphatic rings. The van der Waals surface area contributed by atoms with E-state index in [4.69, 9.17) is 5.73 Å². The molecule has 5 heteroatoms. The molecule has 1 saturated heterocycles. The minimum atomic E-state index is 0.0948. The fourth-order valence-corrected chi connectivity index (χ4v) is 3.49. The molecule has 0 aliphatic carbocycles. The fraction of sp³-hybridized carbons (Fsp3) is 0.769. The third kappa shape index (κ3) is 2.84. The second-order valence-corrected chi connectivity index (χ2v) is 5.98. The molecule has 0 aromatic carbocycles. The van der Waals surface area contributed by atoms with Crippen LogP contribution in [-0.2, 0) is 0 Å². The molecule has 0 spiro atoms. The third-order valence-corrected chi connectivity index (χ3v) is 4.98. The van der Waals surface area contributed by atoms with Crippen molar-refractivity contribution < 1.29 is 0 Å². The van der Waals surface area contributed by atoms with Crippen molar-refractivity contribution in [2.75, 3.05) is 31.1 Å². The van der Waals surface area contributed by atoms with Crippen molar-refractivity contribution in [3.05, 3.63) is 11.1 Å². The normalized spacial score (nSPS) is 21.8. The lowest BCUT2D eigenvalue weighted by atomic mass is 10.2. The van der Waals surface area contributed by atoms with Gasteiger partial charge in [0, 0.05) is 36.2 Å². The average Bonchev–Trinajstić information content (AvgIpc) is 2.98. The van der Waals surface area contributed by atoms with Gasteiger partial charge < -0.3 is 10.6 Å². The molecule has 1 aliphatic heterocycles. The molecule has 2 atom stereocenters. The molecule has 2 heterocycles. The van der Waals surface area contributed by atoms with E-state index in [-0.39, 0.29) is 6.04 Å². The topological polar surface area (TPSA) is 45.4 Å². The highest BCUT2D eigenvalue weighted by Crippen LogP contribution is 2.29.